The number of nitrogens with two attached hydrogens (primary N) is 1. The number of carbonyl (C=O) groups is 1. The maximum atomic E-state index is 12.0. The Bertz CT molecular complexity index is 397. The molecule has 1 aromatic rings. The van der Waals surface area contributed by atoms with Gasteiger partial charge in [0.2, 0.25) is 0 Å². The predicted octanol–water partition coefficient (Wildman–Crippen LogP) is 1.83. The van der Waals surface area contributed by atoms with Crippen molar-refractivity contribution < 1.29 is 9.53 Å². The van der Waals surface area contributed by atoms with Crippen molar-refractivity contribution in [1.82, 2.24) is 5.32 Å². The molecule has 5 heteroatoms. The van der Waals surface area contributed by atoms with Crippen molar-refractivity contribution in [2.75, 3.05) is 18.9 Å². The summed E-state index contributed by atoms with van der Waals surface area (Å²) in [6, 6.07) is 5.09. The first kappa shape index (κ1) is 12.2. The molecular formula is C12H15ClN2O2. The first-order chi connectivity index (χ1) is 8.18. The fourth-order valence-corrected chi connectivity index (χ4v) is 2.16. The zero-order valence-corrected chi connectivity index (χ0v) is 10.2. The Labute approximate surface area is 105 Å². The Balaban J connectivity index is 2.08. The van der Waals surface area contributed by atoms with Gasteiger partial charge in [-0.2, -0.15) is 0 Å². The highest BCUT2D eigenvalue weighted by molar-refractivity contribution is 6.34. The van der Waals surface area contributed by atoms with Gasteiger partial charge in [-0.1, -0.05) is 17.7 Å². The van der Waals surface area contributed by atoms with Gasteiger partial charge in [0.05, 0.1) is 23.2 Å². The van der Waals surface area contributed by atoms with Gasteiger partial charge in [-0.3, -0.25) is 4.79 Å². The highest BCUT2D eigenvalue weighted by Crippen LogP contribution is 2.22. The lowest BCUT2D eigenvalue weighted by atomic mass is 10.1. The highest BCUT2D eigenvalue weighted by Gasteiger charge is 2.20. The molecule has 92 valence electrons. The first-order valence-electron chi connectivity index (χ1n) is 5.61. The van der Waals surface area contributed by atoms with Gasteiger partial charge in [-0.05, 0) is 25.0 Å². The summed E-state index contributed by atoms with van der Waals surface area (Å²) >= 11 is 5.97. The van der Waals surface area contributed by atoms with Crippen molar-refractivity contribution in [3.63, 3.8) is 0 Å². The summed E-state index contributed by atoms with van der Waals surface area (Å²) in [5, 5.41) is 3.26. The second-order valence-electron chi connectivity index (χ2n) is 4.09. The molecule has 0 aromatic heterocycles. The second-order valence-corrected chi connectivity index (χ2v) is 4.50. The largest absolute Gasteiger partial charge is 0.398 e. The Morgan fingerprint density at radius 2 is 2.35 bits per heavy atom. The number of nitrogens with one attached hydrogen (secondary N) is 1. The highest BCUT2D eigenvalue weighted by atomic mass is 35.5. The van der Waals surface area contributed by atoms with Gasteiger partial charge in [0.15, 0.2) is 0 Å². The molecule has 1 aliphatic rings. The number of hydrogen-bond acceptors (Lipinski definition) is 3. The van der Waals surface area contributed by atoms with Gasteiger partial charge in [-0.25, -0.2) is 0 Å². The van der Waals surface area contributed by atoms with Gasteiger partial charge >= 0.3 is 0 Å². The second kappa shape index (κ2) is 5.38. The average molecular weight is 255 g/mol. The summed E-state index contributed by atoms with van der Waals surface area (Å²) in [4.78, 5) is 12.0. The molecule has 0 bridgehead atoms. The molecule has 4 nitrogen and oxygen atoms in total. The molecule has 1 fully saturated rings. The number of benzene rings is 1. The van der Waals surface area contributed by atoms with Crippen LogP contribution in [0.15, 0.2) is 18.2 Å². The van der Waals surface area contributed by atoms with Crippen LogP contribution in [-0.2, 0) is 4.74 Å². The summed E-state index contributed by atoms with van der Waals surface area (Å²) in [6.07, 6.45) is 1.89. The van der Waals surface area contributed by atoms with Crippen LogP contribution in [0.5, 0.6) is 0 Å². The van der Waals surface area contributed by atoms with Crippen LogP contribution in [0.3, 0.4) is 0 Å². The topological polar surface area (TPSA) is 64.4 Å². The molecule has 1 aromatic carbocycles. The van der Waals surface area contributed by atoms with Crippen LogP contribution >= 0.6 is 11.6 Å². The van der Waals surface area contributed by atoms with Crippen LogP contribution in [0.25, 0.3) is 0 Å². The summed E-state index contributed by atoms with van der Waals surface area (Å²) in [5.74, 6) is -0.233. The molecule has 0 saturated carbocycles. The molecule has 1 atom stereocenters. The standard InChI is InChI=1S/C12H15ClN2O2/c13-9-4-1-5-10(14)11(9)12(16)15-8-3-2-6-17-7-8/h1,4-5,8H,2-3,6-7,14H2,(H,15,16). The lowest BCUT2D eigenvalue weighted by Gasteiger charge is -2.23. The lowest BCUT2D eigenvalue weighted by molar-refractivity contribution is 0.0624. The number of rotatable bonds is 2. The smallest absolute Gasteiger partial charge is 0.255 e. The van der Waals surface area contributed by atoms with Gasteiger partial charge in [0.1, 0.15) is 0 Å². The van der Waals surface area contributed by atoms with E-state index in [0.29, 0.717) is 22.9 Å². The lowest BCUT2D eigenvalue weighted by Crippen LogP contribution is -2.40. The number of ether oxygens (including phenoxy) is 1. The van der Waals surface area contributed by atoms with Crippen LogP contribution in [-0.4, -0.2) is 25.2 Å². The van der Waals surface area contributed by atoms with Crippen LogP contribution in [0.1, 0.15) is 23.2 Å². The van der Waals surface area contributed by atoms with Crippen LogP contribution < -0.4 is 11.1 Å². The summed E-state index contributed by atoms with van der Waals surface area (Å²) in [6.45, 7) is 1.32. The van der Waals surface area contributed by atoms with E-state index in [4.69, 9.17) is 22.1 Å². The minimum Gasteiger partial charge on any atom is -0.398 e. The van der Waals surface area contributed by atoms with Crippen LogP contribution in [0.2, 0.25) is 5.02 Å². The quantitative estimate of drug-likeness (QED) is 0.792. The fourth-order valence-electron chi connectivity index (χ4n) is 1.89. The zero-order valence-electron chi connectivity index (χ0n) is 9.41. The summed E-state index contributed by atoms with van der Waals surface area (Å²) in [5.41, 5.74) is 6.49. The molecule has 1 unspecified atom stereocenters. The molecule has 1 saturated heterocycles. The molecular weight excluding hydrogens is 240 g/mol. The van der Waals surface area contributed by atoms with E-state index < -0.39 is 0 Å². The number of amides is 1. The van der Waals surface area contributed by atoms with E-state index in [1.54, 1.807) is 18.2 Å². The molecule has 0 radical (unpaired) electrons. The summed E-state index contributed by atoms with van der Waals surface area (Å²) < 4.78 is 5.30. The van der Waals surface area contributed by atoms with Crippen molar-refractivity contribution in [2.45, 2.75) is 18.9 Å². The Kier molecular flexibility index (Phi) is 3.86. The molecule has 3 N–H and O–H groups in total. The molecule has 0 spiro atoms. The van der Waals surface area contributed by atoms with Crippen molar-refractivity contribution >= 4 is 23.2 Å². The van der Waals surface area contributed by atoms with E-state index in [0.717, 1.165) is 19.4 Å². The van der Waals surface area contributed by atoms with E-state index in [1.807, 2.05) is 0 Å². The van der Waals surface area contributed by atoms with E-state index in [2.05, 4.69) is 5.32 Å². The van der Waals surface area contributed by atoms with E-state index >= 15 is 0 Å². The number of anilines is 1. The normalized spacial score (nSPS) is 19.9. The van der Waals surface area contributed by atoms with Crippen molar-refractivity contribution in [3.05, 3.63) is 28.8 Å². The third-order valence-electron chi connectivity index (χ3n) is 2.77. The van der Waals surface area contributed by atoms with Gasteiger partial charge < -0.3 is 15.8 Å². The summed E-state index contributed by atoms with van der Waals surface area (Å²) in [7, 11) is 0. The average Bonchev–Trinajstić information content (AvgIpc) is 2.30. The van der Waals surface area contributed by atoms with Crippen LogP contribution in [0.4, 0.5) is 5.69 Å². The maximum absolute atomic E-state index is 12.0. The number of hydrogen-bond donors (Lipinski definition) is 2. The number of nitrogen functional groups attached to an aromatic ring is 1. The van der Waals surface area contributed by atoms with Gasteiger partial charge in [0.25, 0.3) is 5.91 Å². The van der Waals surface area contributed by atoms with E-state index in [9.17, 15) is 4.79 Å². The Morgan fingerprint density at radius 1 is 1.53 bits per heavy atom. The molecule has 1 aliphatic heterocycles. The van der Waals surface area contributed by atoms with Gasteiger partial charge in [0, 0.05) is 12.3 Å². The third kappa shape index (κ3) is 2.90. The number of halogens is 1. The fraction of sp³-hybridized carbons (Fsp3) is 0.417. The first-order valence-corrected chi connectivity index (χ1v) is 5.99. The molecule has 2 rings (SSSR count). The van der Waals surface area contributed by atoms with Crippen LogP contribution in [0, 0.1) is 0 Å². The molecule has 1 amide bonds. The Morgan fingerprint density at radius 3 is 3.00 bits per heavy atom. The van der Waals surface area contributed by atoms with Crippen molar-refractivity contribution in [3.8, 4) is 0 Å². The third-order valence-corrected chi connectivity index (χ3v) is 3.08. The number of carbonyl (C=O) groups excluding carboxylic acids is 1. The minimum atomic E-state index is -0.233. The maximum Gasteiger partial charge on any atom is 0.255 e. The Hall–Kier alpha value is -1.26. The van der Waals surface area contributed by atoms with Gasteiger partial charge in [-0.15, -0.1) is 0 Å². The monoisotopic (exact) mass is 254 g/mol. The molecule has 1 heterocycles. The minimum absolute atomic E-state index is 0.0481. The molecule has 0 aliphatic carbocycles. The van der Waals surface area contributed by atoms with E-state index in [1.165, 1.54) is 0 Å². The van der Waals surface area contributed by atoms with E-state index in [-0.39, 0.29) is 11.9 Å². The van der Waals surface area contributed by atoms with Crippen molar-refractivity contribution in [1.29, 1.82) is 0 Å². The zero-order chi connectivity index (χ0) is 12.3. The predicted molar refractivity (Wildman–Crippen MR) is 67.2 cm³/mol. The molecule has 17 heavy (non-hydrogen) atoms. The van der Waals surface area contributed by atoms with Crippen molar-refractivity contribution in [2.24, 2.45) is 0 Å². The SMILES string of the molecule is Nc1cccc(Cl)c1C(=O)NC1CCCOC1.